The molecule has 1 aromatic heterocycles. The number of nitrogens with zero attached hydrogens (tertiary/aromatic N) is 2. The highest BCUT2D eigenvalue weighted by molar-refractivity contribution is 6.31. The molecule has 0 atom stereocenters. The fraction of sp³-hybridized carbons (Fsp3) is 0.462. The molecule has 0 bridgehead atoms. The van der Waals surface area contributed by atoms with E-state index in [0.717, 1.165) is 55.3 Å². The van der Waals surface area contributed by atoms with Crippen molar-refractivity contribution in [2.24, 2.45) is 0 Å². The second-order valence-corrected chi connectivity index (χ2v) is 4.91. The van der Waals surface area contributed by atoms with Gasteiger partial charge in [-0.05, 0) is 12.1 Å². The quantitative estimate of drug-likeness (QED) is 0.906. The van der Waals surface area contributed by atoms with Gasteiger partial charge in [0.2, 0.25) is 0 Å². The maximum absolute atomic E-state index is 6.17. The molecule has 0 saturated carbocycles. The first-order valence-electron chi connectivity index (χ1n) is 6.32. The monoisotopic (exact) mass is 265 g/mol. The highest BCUT2D eigenvalue weighted by atomic mass is 35.5. The number of nitrogens with one attached hydrogen (secondary N) is 1. The lowest BCUT2D eigenvalue weighted by Gasteiger charge is -2.29. The first-order valence-corrected chi connectivity index (χ1v) is 6.70. The molecular weight excluding hydrogens is 250 g/mol. The van der Waals surface area contributed by atoms with Gasteiger partial charge in [0.05, 0.1) is 5.69 Å². The Bertz CT molecular complexity index is 561. The van der Waals surface area contributed by atoms with Gasteiger partial charge < -0.3 is 14.6 Å². The summed E-state index contributed by atoms with van der Waals surface area (Å²) >= 11 is 6.17. The highest BCUT2D eigenvalue weighted by Crippen LogP contribution is 2.31. The van der Waals surface area contributed by atoms with Crippen LogP contribution in [0.4, 0.5) is 5.69 Å². The summed E-state index contributed by atoms with van der Waals surface area (Å²) in [4.78, 5) is 6.76. The normalized spacial score (nSPS) is 16.4. The van der Waals surface area contributed by atoms with E-state index >= 15 is 0 Å². The molecule has 0 spiro atoms. The van der Waals surface area contributed by atoms with Crippen LogP contribution >= 0.6 is 11.6 Å². The van der Waals surface area contributed by atoms with E-state index in [2.05, 4.69) is 15.2 Å². The zero-order valence-corrected chi connectivity index (χ0v) is 11.1. The molecule has 0 unspecified atom stereocenters. The lowest BCUT2D eigenvalue weighted by atomic mass is 10.2. The molecule has 2 aromatic rings. The molecule has 1 aromatic carbocycles. The van der Waals surface area contributed by atoms with E-state index < -0.39 is 0 Å². The number of fused-ring (bicyclic) bond motifs is 1. The second kappa shape index (κ2) is 4.78. The van der Waals surface area contributed by atoms with Crippen molar-refractivity contribution in [3.05, 3.63) is 23.0 Å². The molecule has 1 N–H and O–H groups in total. The maximum atomic E-state index is 6.17. The maximum Gasteiger partial charge on any atom is 0.195 e. The number of anilines is 1. The molecule has 5 heteroatoms. The minimum atomic E-state index is 0.715. The Morgan fingerprint density at radius 1 is 1.39 bits per heavy atom. The smallest absolute Gasteiger partial charge is 0.195 e. The number of rotatable bonds is 2. The van der Waals surface area contributed by atoms with Crippen LogP contribution < -0.4 is 10.2 Å². The Kier molecular flexibility index (Phi) is 3.14. The molecule has 3 rings (SSSR count). The molecule has 0 radical (unpaired) electrons. The van der Waals surface area contributed by atoms with Crippen LogP contribution in [0.15, 0.2) is 16.5 Å². The molecule has 4 nitrogen and oxygen atoms in total. The Balaban J connectivity index is 2.10. The third-order valence-corrected chi connectivity index (χ3v) is 3.46. The summed E-state index contributed by atoms with van der Waals surface area (Å²) in [6, 6.07) is 3.84. The molecule has 1 saturated heterocycles. The SMILES string of the molecule is CCc1nc2cc(Cl)cc(N3CCNCC3)c2o1. The predicted molar refractivity (Wildman–Crippen MR) is 73.5 cm³/mol. The van der Waals surface area contributed by atoms with Crippen molar-refractivity contribution in [3.63, 3.8) is 0 Å². The van der Waals surface area contributed by atoms with Crippen molar-refractivity contribution < 1.29 is 4.42 Å². The zero-order chi connectivity index (χ0) is 12.5. The van der Waals surface area contributed by atoms with Gasteiger partial charge in [-0.1, -0.05) is 18.5 Å². The lowest BCUT2D eigenvalue weighted by molar-refractivity contribution is 0.533. The van der Waals surface area contributed by atoms with E-state index in [1.807, 2.05) is 19.1 Å². The first kappa shape index (κ1) is 11.8. The fourth-order valence-electron chi connectivity index (χ4n) is 2.32. The first-order chi connectivity index (χ1) is 8.78. The van der Waals surface area contributed by atoms with E-state index in [1.54, 1.807) is 0 Å². The van der Waals surface area contributed by atoms with Crippen LogP contribution in [0.1, 0.15) is 12.8 Å². The summed E-state index contributed by atoms with van der Waals surface area (Å²) in [5, 5.41) is 4.06. The van der Waals surface area contributed by atoms with Crippen molar-refractivity contribution in [2.75, 3.05) is 31.1 Å². The van der Waals surface area contributed by atoms with Crippen LogP contribution in [0.2, 0.25) is 5.02 Å². The molecule has 2 heterocycles. The summed E-state index contributed by atoms with van der Waals surface area (Å²) in [5.74, 6) is 0.767. The molecule has 0 amide bonds. The highest BCUT2D eigenvalue weighted by Gasteiger charge is 2.18. The number of aromatic nitrogens is 1. The molecule has 1 aliphatic heterocycles. The van der Waals surface area contributed by atoms with Crippen molar-refractivity contribution >= 4 is 28.4 Å². The van der Waals surface area contributed by atoms with Gasteiger partial charge in [-0.25, -0.2) is 4.98 Å². The average molecular weight is 266 g/mol. The fourth-order valence-corrected chi connectivity index (χ4v) is 2.53. The molecule has 0 aliphatic carbocycles. The van der Waals surface area contributed by atoms with Crippen molar-refractivity contribution in [1.29, 1.82) is 0 Å². The number of piperazine rings is 1. The summed E-state index contributed by atoms with van der Waals surface area (Å²) < 4.78 is 5.82. The summed E-state index contributed by atoms with van der Waals surface area (Å²) in [7, 11) is 0. The van der Waals surface area contributed by atoms with E-state index in [1.165, 1.54) is 0 Å². The summed E-state index contributed by atoms with van der Waals surface area (Å²) in [6.07, 6.45) is 0.799. The average Bonchev–Trinajstić information content (AvgIpc) is 2.81. The number of halogens is 1. The number of benzene rings is 1. The molecule has 96 valence electrons. The van der Waals surface area contributed by atoms with Gasteiger partial charge in [-0.15, -0.1) is 0 Å². The van der Waals surface area contributed by atoms with Crippen LogP contribution in [-0.2, 0) is 6.42 Å². The molecule has 1 aliphatic rings. The van der Waals surface area contributed by atoms with Crippen LogP contribution in [0.25, 0.3) is 11.1 Å². The lowest BCUT2D eigenvalue weighted by Crippen LogP contribution is -2.43. The summed E-state index contributed by atoms with van der Waals surface area (Å²) in [5.41, 5.74) is 2.78. The largest absolute Gasteiger partial charge is 0.439 e. The van der Waals surface area contributed by atoms with Gasteiger partial charge >= 0.3 is 0 Å². The van der Waals surface area contributed by atoms with E-state index in [4.69, 9.17) is 16.0 Å². The van der Waals surface area contributed by atoms with Gasteiger partial charge in [0.15, 0.2) is 11.5 Å². The van der Waals surface area contributed by atoms with Crippen LogP contribution in [-0.4, -0.2) is 31.2 Å². The predicted octanol–water partition coefficient (Wildman–Crippen LogP) is 2.45. The van der Waals surface area contributed by atoms with E-state index in [0.29, 0.717) is 5.02 Å². The Morgan fingerprint density at radius 3 is 2.89 bits per heavy atom. The Hall–Kier alpha value is -1.26. The molecule has 1 fully saturated rings. The number of hydrogen-bond acceptors (Lipinski definition) is 4. The van der Waals surface area contributed by atoms with Crippen LogP contribution in [0.3, 0.4) is 0 Å². The summed E-state index contributed by atoms with van der Waals surface area (Å²) in [6.45, 7) is 5.96. The van der Waals surface area contributed by atoms with Crippen LogP contribution in [0, 0.1) is 0 Å². The van der Waals surface area contributed by atoms with Gasteiger partial charge in [-0.2, -0.15) is 0 Å². The zero-order valence-electron chi connectivity index (χ0n) is 10.4. The van der Waals surface area contributed by atoms with E-state index in [-0.39, 0.29) is 0 Å². The van der Waals surface area contributed by atoms with Gasteiger partial charge in [-0.3, -0.25) is 0 Å². The second-order valence-electron chi connectivity index (χ2n) is 4.47. The Labute approximate surface area is 111 Å². The van der Waals surface area contributed by atoms with Crippen LogP contribution in [0.5, 0.6) is 0 Å². The Morgan fingerprint density at radius 2 is 2.17 bits per heavy atom. The molecule has 18 heavy (non-hydrogen) atoms. The molecular formula is C13H16ClN3O. The standard InChI is InChI=1S/C13H16ClN3O/c1-2-12-16-10-7-9(14)8-11(13(10)18-12)17-5-3-15-4-6-17/h7-8,15H,2-6H2,1H3. The minimum Gasteiger partial charge on any atom is -0.439 e. The minimum absolute atomic E-state index is 0.715. The van der Waals surface area contributed by atoms with Crippen molar-refractivity contribution in [2.45, 2.75) is 13.3 Å². The van der Waals surface area contributed by atoms with Crippen molar-refractivity contribution in [3.8, 4) is 0 Å². The number of oxazole rings is 1. The van der Waals surface area contributed by atoms with E-state index in [9.17, 15) is 0 Å². The van der Waals surface area contributed by atoms with Gasteiger partial charge in [0.1, 0.15) is 5.52 Å². The number of aryl methyl sites for hydroxylation is 1. The van der Waals surface area contributed by atoms with Gasteiger partial charge in [0, 0.05) is 37.6 Å². The third kappa shape index (κ3) is 2.06. The van der Waals surface area contributed by atoms with Gasteiger partial charge in [0.25, 0.3) is 0 Å². The van der Waals surface area contributed by atoms with Crippen molar-refractivity contribution in [1.82, 2.24) is 10.3 Å². The topological polar surface area (TPSA) is 41.3 Å². The number of hydrogen-bond donors (Lipinski definition) is 1. The third-order valence-electron chi connectivity index (χ3n) is 3.24.